The van der Waals surface area contributed by atoms with Crippen LogP contribution in [0.15, 0.2) is 30.4 Å². The second-order valence-electron chi connectivity index (χ2n) is 4.39. The summed E-state index contributed by atoms with van der Waals surface area (Å²) in [5.41, 5.74) is 1.02. The highest BCUT2D eigenvalue weighted by atomic mass is 35.5. The fourth-order valence-electron chi connectivity index (χ4n) is 1.70. The number of allylic oxidation sites excluding steroid dienone is 1. The van der Waals surface area contributed by atoms with Crippen molar-refractivity contribution in [3.05, 3.63) is 46.0 Å². The standard InChI is InChI=1S/C14H17Cl2N/c15-13-6-4-7-14(16)12(13)5-2-1-3-10-17-11-8-9-11/h1-2,4,6-7,11,17H,3,5,8-10H2. The predicted octanol–water partition coefficient (Wildman–Crippen LogP) is 4.23. The van der Waals surface area contributed by atoms with E-state index in [2.05, 4.69) is 17.5 Å². The zero-order valence-electron chi connectivity index (χ0n) is 9.76. The van der Waals surface area contributed by atoms with Gasteiger partial charge in [-0.05, 0) is 49.9 Å². The van der Waals surface area contributed by atoms with Gasteiger partial charge in [0.15, 0.2) is 0 Å². The maximum absolute atomic E-state index is 6.09. The summed E-state index contributed by atoms with van der Waals surface area (Å²) in [6, 6.07) is 6.43. The van der Waals surface area contributed by atoms with Crippen LogP contribution < -0.4 is 5.32 Å². The van der Waals surface area contributed by atoms with Gasteiger partial charge in [0.05, 0.1) is 0 Å². The molecule has 1 aliphatic carbocycles. The summed E-state index contributed by atoms with van der Waals surface area (Å²) in [5, 5.41) is 4.97. The molecule has 17 heavy (non-hydrogen) atoms. The van der Waals surface area contributed by atoms with E-state index < -0.39 is 0 Å². The molecule has 0 unspecified atom stereocenters. The first kappa shape index (κ1) is 12.9. The van der Waals surface area contributed by atoms with Crippen LogP contribution in [0.3, 0.4) is 0 Å². The predicted molar refractivity (Wildman–Crippen MR) is 74.9 cm³/mol. The molecule has 0 bridgehead atoms. The van der Waals surface area contributed by atoms with Crippen LogP contribution in [0.25, 0.3) is 0 Å². The minimum atomic E-state index is 0.748. The van der Waals surface area contributed by atoms with Crippen LogP contribution in [-0.2, 0) is 6.42 Å². The van der Waals surface area contributed by atoms with Gasteiger partial charge in [0.2, 0.25) is 0 Å². The topological polar surface area (TPSA) is 12.0 Å². The average molecular weight is 270 g/mol. The van der Waals surface area contributed by atoms with Crippen molar-refractivity contribution < 1.29 is 0 Å². The molecule has 0 saturated heterocycles. The van der Waals surface area contributed by atoms with E-state index in [1.165, 1.54) is 12.8 Å². The molecule has 1 fully saturated rings. The fourth-order valence-corrected chi connectivity index (χ4v) is 2.26. The van der Waals surface area contributed by atoms with Gasteiger partial charge >= 0.3 is 0 Å². The molecule has 0 aromatic heterocycles. The SMILES string of the molecule is Clc1cccc(Cl)c1CC=CCCNC1CC1. The number of hydrogen-bond acceptors (Lipinski definition) is 1. The lowest BCUT2D eigenvalue weighted by atomic mass is 10.1. The third-order valence-electron chi connectivity index (χ3n) is 2.87. The molecule has 2 rings (SSSR count). The van der Waals surface area contributed by atoms with Crippen LogP contribution in [0.4, 0.5) is 0 Å². The zero-order chi connectivity index (χ0) is 12.1. The lowest BCUT2D eigenvalue weighted by Crippen LogP contribution is -2.16. The summed E-state index contributed by atoms with van der Waals surface area (Å²) in [4.78, 5) is 0. The first-order valence-corrected chi connectivity index (χ1v) is 6.84. The van der Waals surface area contributed by atoms with E-state index in [0.717, 1.165) is 41.0 Å². The Morgan fingerprint density at radius 3 is 2.53 bits per heavy atom. The molecule has 1 aromatic carbocycles. The normalized spacial score (nSPS) is 15.6. The van der Waals surface area contributed by atoms with Crippen molar-refractivity contribution >= 4 is 23.2 Å². The molecule has 1 nitrogen and oxygen atoms in total. The highest BCUT2D eigenvalue weighted by Crippen LogP contribution is 2.24. The maximum atomic E-state index is 6.09. The molecule has 3 heteroatoms. The third-order valence-corrected chi connectivity index (χ3v) is 3.58. The molecule has 0 aliphatic heterocycles. The van der Waals surface area contributed by atoms with Crippen LogP contribution in [0, 0.1) is 0 Å². The van der Waals surface area contributed by atoms with E-state index in [-0.39, 0.29) is 0 Å². The van der Waals surface area contributed by atoms with Gasteiger partial charge in [-0.25, -0.2) is 0 Å². The number of rotatable bonds is 6. The summed E-state index contributed by atoms with van der Waals surface area (Å²) < 4.78 is 0. The Kier molecular flexibility index (Phi) is 4.90. The van der Waals surface area contributed by atoms with Gasteiger partial charge in [0, 0.05) is 16.1 Å². The quantitative estimate of drug-likeness (QED) is 0.602. The lowest BCUT2D eigenvalue weighted by molar-refractivity contribution is 0.690. The van der Waals surface area contributed by atoms with Crippen molar-refractivity contribution in [2.45, 2.75) is 31.7 Å². The molecule has 0 atom stereocenters. The van der Waals surface area contributed by atoms with Gasteiger partial charge in [-0.15, -0.1) is 0 Å². The van der Waals surface area contributed by atoms with E-state index in [1.54, 1.807) is 0 Å². The maximum Gasteiger partial charge on any atom is 0.0456 e. The second-order valence-corrected chi connectivity index (χ2v) is 5.21. The smallest absolute Gasteiger partial charge is 0.0456 e. The molecule has 1 aromatic rings. The van der Waals surface area contributed by atoms with Gasteiger partial charge in [0.25, 0.3) is 0 Å². The number of benzene rings is 1. The summed E-state index contributed by atoms with van der Waals surface area (Å²) in [6.45, 7) is 1.07. The third kappa shape index (κ3) is 4.34. The molecule has 0 radical (unpaired) electrons. The van der Waals surface area contributed by atoms with Gasteiger partial charge in [-0.1, -0.05) is 41.4 Å². The van der Waals surface area contributed by atoms with Crippen molar-refractivity contribution in [1.82, 2.24) is 5.32 Å². The van der Waals surface area contributed by atoms with Crippen molar-refractivity contribution in [1.29, 1.82) is 0 Å². The fraction of sp³-hybridized carbons (Fsp3) is 0.429. The number of halogens is 2. The van der Waals surface area contributed by atoms with E-state index in [1.807, 2.05) is 18.2 Å². The first-order chi connectivity index (χ1) is 8.27. The summed E-state index contributed by atoms with van der Waals surface area (Å²) in [7, 11) is 0. The number of hydrogen-bond donors (Lipinski definition) is 1. The average Bonchev–Trinajstić information content (AvgIpc) is 3.10. The second kappa shape index (κ2) is 6.44. The summed E-state index contributed by atoms with van der Waals surface area (Å²) in [5.74, 6) is 0. The van der Waals surface area contributed by atoms with Gasteiger partial charge in [0.1, 0.15) is 0 Å². The van der Waals surface area contributed by atoms with E-state index in [9.17, 15) is 0 Å². The van der Waals surface area contributed by atoms with Crippen molar-refractivity contribution in [3.63, 3.8) is 0 Å². The van der Waals surface area contributed by atoms with Gasteiger partial charge in [-0.2, -0.15) is 0 Å². The molecule has 1 aliphatic rings. The van der Waals surface area contributed by atoms with Crippen molar-refractivity contribution in [2.24, 2.45) is 0 Å². The molecular weight excluding hydrogens is 253 g/mol. The molecule has 0 amide bonds. The number of nitrogens with one attached hydrogen (secondary N) is 1. The van der Waals surface area contributed by atoms with Crippen LogP contribution in [-0.4, -0.2) is 12.6 Å². The molecule has 1 saturated carbocycles. The summed E-state index contributed by atoms with van der Waals surface area (Å²) >= 11 is 12.2. The minimum absolute atomic E-state index is 0.748. The van der Waals surface area contributed by atoms with Crippen LogP contribution >= 0.6 is 23.2 Å². The molecule has 1 N–H and O–H groups in total. The molecule has 0 heterocycles. The molecule has 92 valence electrons. The largest absolute Gasteiger partial charge is 0.314 e. The van der Waals surface area contributed by atoms with E-state index in [0.29, 0.717) is 0 Å². The highest BCUT2D eigenvalue weighted by molar-refractivity contribution is 6.36. The van der Waals surface area contributed by atoms with Crippen molar-refractivity contribution in [2.75, 3.05) is 6.54 Å². The van der Waals surface area contributed by atoms with Crippen LogP contribution in [0.2, 0.25) is 10.0 Å². The Morgan fingerprint density at radius 2 is 1.88 bits per heavy atom. The Hall–Kier alpha value is -0.500. The Labute approximate surface area is 113 Å². The Bertz CT molecular complexity index is 377. The van der Waals surface area contributed by atoms with Gasteiger partial charge < -0.3 is 5.32 Å². The Balaban J connectivity index is 1.74. The zero-order valence-corrected chi connectivity index (χ0v) is 11.3. The summed E-state index contributed by atoms with van der Waals surface area (Å²) in [6.07, 6.45) is 8.90. The molecular formula is C14H17Cl2N. The van der Waals surface area contributed by atoms with Crippen LogP contribution in [0.1, 0.15) is 24.8 Å². The first-order valence-electron chi connectivity index (χ1n) is 6.08. The van der Waals surface area contributed by atoms with E-state index >= 15 is 0 Å². The van der Waals surface area contributed by atoms with Crippen LogP contribution in [0.5, 0.6) is 0 Å². The van der Waals surface area contributed by atoms with Crippen molar-refractivity contribution in [3.8, 4) is 0 Å². The van der Waals surface area contributed by atoms with Gasteiger partial charge in [-0.3, -0.25) is 0 Å². The Morgan fingerprint density at radius 1 is 1.18 bits per heavy atom. The lowest BCUT2D eigenvalue weighted by Gasteiger charge is -2.03. The molecule has 0 spiro atoms. The van der Waals surface area contributed by atoms with E-state index in [4.69, 9.17) is 23.2 Å². The highest BCUT2D eigenvalue weighted by Gasteiger charge is 2.19. The monoisotopic (exact) mass is 269 g/mol. The minimum Gasteiger partial charge on any atom is -0.314 e.